The van der Waals surface area contributed by atoms with Gasteiger partial charge in [0, 0.05) is 5.56 Å². The van der Waals surface area contributed by atoms with E-state index in [9.17, 15) is 0 Å². The largest absolute Gasteiger partial charge is 0.413 e. The van der Waals surface area contributed by atoms with Crippen LogP contribution < -0.4 is 0 Å². The first-order chi connectivity index (χ1) is 9.08. The van der Waals surface area contributed by atoms with Crippen LogP contribution in [-0.4, -0.2) is 8.32 Å². The van der Waals surface area contributed by atoms with Gasteiger partial charge in [-0.1, -0.05) is 46.6 Å². The highest BCUT2D eigenvalue weighted by Gasteiger charge is 2.37. The summed E-state index contributed by atoms with van der Waals surface area (Å²) in [5, 5.41) is 0.240. The summed E-state index contributed by atoms with van der Waals surface area (Å²) in [5.41, 5.74) is 3.52. The first-order valence-corrected chi connectivity index (χ1v) is 10.2. The van der Waals surface area contributed by atoms with E-state index in [0.29, 0.717) is 12.5 Å². The molecule has 20 heavy (non-hydrogen) atoms. The summed E-state index contributed by atoms with van der Waals surface area (Å²) >= 11 is 0. The lowest BCUT2D eigenvalue weighted by atomic mass is 9.95. The fourth-order valence-corrected chi connectivity index (χ4v) is 2.78. The maximum absolute atomic E-state index is 6.33. The summed E-state index contributed by atoms with van der Waals surface area (Å²) in [5.74, 6) is 3.17. The Morgan fingerprint density at radius 2 is 1.85 bits per heavy atom. The van der Waals surface area contributed by atoms with Crippen LogP contribution in [0.2, 0.25) is 18.1 Å². The van der Waals surface area contributed by atoms with Crippen LogP contribution in [0.4, 0.5) is 0 Å². The van der Waals surface area contributed by atoms with Crippen molar-refractivity contribution in [1.82, 2.24) is 0 Å². The van der Waals surface area contributed by atoms with E-state index < -0.39 is 8.32 Å². The van der Waals surface area contributed by atoms with Gasteiger partial charge in [-0.25, -0.2) is 0 Å². The average Bonchev–Trinajstić information content (AvgIpc) is 2.34. The van der Waals surface area contributed by atoms with E-state index in [-0.39, 0.29) is 5.04 Å². The summed E-state index contributed by atoms with van der Waals surface area (Å²) in [6, 6.07) is 6.25. The number of benzene rings is 1. The number of terminal acetylenes is 1. The third-order valence-corrected chi connectivity index (χ3v) is 8.81. The minimum Gasteiger partial charge on any atom is -0.413 e. The Morgan fingerprint density at radius 3 is 2.30 bits per heavy atom. The van der Waals surface area contributed by atoms with Gasteiger partial charge in [-0.15, -0.1) is 6.42 Å². The fraction of sp³-hybridized carbons (Fsp3) is 0.556. The maximum Gasteiger partial charge on any atom is 0.192 e. The van der Waals surface area contributed by atoms with Crippen molar-refractivity contribution in [2.45, 2.75) is 65.3 Å². The lowest BCUT2D eigenvalue weighted by Gasteiger charge is -2.36. The van der Waals surface area contributed by atoms with Crippen molar-refractivity contribution in [3.63, 3.8) is 0 Å². The van der Waals surface area contributed by atoms with E-state index in [1.165, 1.54) is 11.1 Å². The summed E-state index contributed by atoms with van der Waals surface area (Å²) in [6.07, 6.45) is 5.49. The molecule has 110 valence electrons. The maximum atomic E-state index is 6.33. The second kappa shape index (κ2) is 6.16. The molecule has 0 fully saturated rings. The molecule has 0 aromatic heterocycles. The number of hydrogen-bond acceptors (Lipinski definition) is 1. The molecule has 1 aromatic rings. The van der Waals surface area contributed by atoms with Gasteiger partial charge in [0.2, 0.25) is 0 Å². The van der Waals surface area contributed by atoms with E-state index in [1.807, 2.05) is 6.07 Å². The van der Waals surface area contributed by atoms with Gasteiger partial charge in [0.25, 0.3) is 0 Å². The van der Waals surface area contributed by atoms with Gasteiger partial charge in [0.05, 0.1) is 6.61 Å². The molecule has 0 unspecified atom stereocenters. The zero-order chi connectivity index (χ0) is 15.6. The minimum atomic E-state index is -1.71. The summed E-state index contributed by atoms with van der Waals surface area (Å²) in [7, 11) is -1.71. The molecule has 0 radical (unpaired) electrons. The van der Waals surface area contributed by atoms with Gasteiger partial charge in [0.15, 0.2) is 8.32 Å². The van der Waals surface area contributed by atoms with Gasteiger partial charge in [-0.2, -0.15) is 0 Å². The van der Waals surface area contributed by atoms with Crippen molar-refractivity contribution >= 4 is 8.32 Å². The summed E-state index contributed by atoms with van der Waals surface area (Å²) in [6.45, 7) is 16.5. The topological polar surface area (TPSA) is 9.23 Å². The van der Waals surface area contributed by atoms with E-state index in [2.05, 4.69) is 65.8 Å². The van der Waals surface area contributed by atoms with Crippen LogP contribution in [-0.2, 0) is 11.0 Å². The Labute approximate surface area is 125 Å². The van der Waals surface area contributed by atoms with Crippen LogP contribution in [0.5, 0.6) is 0 Å². The highest BCUT2D eigenvalue weighted by molar-refractivity contribution is 6.74. The zero-order valence-corrected chi connectivity index (χ0v) is 15.0. The van der Waals surface area contributed by atoms with E-state index in [0.717, 1.165) is 5.56 Å². The Bertz CT molecular complexity index is 501. The molecule has 0 saturated carbocycles. The predicted molar refractivity (Wildman–Crippen MR) is 90.5 cm³/mol. The van der Waals surface area contributed by atoms with Crippen LogP contribution in [0.25, 0.3) is 0 Å². The number of hydrogen-bond donors (Lipinski definition) is 0. The van der Waals surface area contributed by atoms with Crippen LogP contribution in [0.15, 0.2) is 18.2 Å². The first kappa shape index (κ1) is 17.0. The van der Waals surface area contributed by atoms with Gasteiger partial charge in [0.1, 0.15) is 0 Å². The van der Waals surface area contributed by atoms with E-state index >= 15 is 0 Å². The minimum absolute atomic E-state index is 0.240. The Morgan fingerprint density at radius 1 is 1.25 bits per heavy atom. The van der Waals surface area contributed by atoms with Gasteiger partial charge in [-0.3, -0.25) is 0 Å². The Balaban J connectivity index is 2.97. The normalized spacial score (nSPS) is 12.6. The predicted octanol–water partition coefficient (Wildman–Crippen LogP) is 5.31. The molecule has 0 aliphatic rings. The molecule has 0 amide bonds. The molecule has 0 heterocycles. The summed E-state index contributed by atoms with van der Waals surface area (Å²) < 4.78 is 6.33. The molecule has 0 atom stereocenters. The van der Waals surface area contributed by atoms with Gasteiger partial charge in [-0.05, 0) is 47.3 Å². The average molecular weight is 289 g/mol. The molecule has 0 aliphatic heterocycles. The van der Waals surface area contributed by atoms with Gasteiger partial charge >= 0.3 is 0 Å². The molecule has 1 aromatic carbocycles. The van der Waals surface area contributed by atoms with Gasteiger partial charge < -0.3 is 4.43 Å². The van der Waals surface area contributed by atoms with Crippen molar-refractivity contribution in [2.24, 2.45) is 0 Å². The monoisotopic (exact) mass is 288 g/mol. The van der Waals surface area contributed by atoms with Crippen LogP contribution in [0.1, 0.15) is 57.2 Å². The first-order valence-electron chi connectivity index (χ1n) is 7.32. The standard InChI is InChI=1S/C18H28OSi/c1-9-15-10-11-16(17(12-15)14(2)3)13-19-20(7,8)18(4,5)6/h1,10-12,14H,13H2,2-8H3. The third-order valence-electron chi connectivity index (χ3n) is 4.33. The quantitative estimate of drug-likeness (QED) is 0.538. The van der Waals surface area contributed by atoms with Crippen molar-refractivity contribution in [2.75, 3.05) is 0 Å². The van der Waals surface area contributed by atoms with Crippen LogP contribution in [0, 0.1) is 12.3 Å². The smallest absolute Gasteiger partial charge is 0.192 e. The van der Waals surface area contributed by atoms with Crippen molar-refractivity contribution < 1.29 is 4.43 Å². The fourth-order valence-electron chi connectivity index (χ4n) is 1.83. The molecule has 0 saturated heterocycles. The SMILES string of the molecule is C#Cc1ccc(CO[Si](C)(C)C(C)(C)C)c(C(C)C)c1. The number of rotatable bonds is 4. The second-order valence-corrected chi connectivity index (χ2v) is 12.1. The van der Waals surface area contributed by atoms with Crippen molar-refractivity contribution in [1.29, 1.82) is 0 Å². The Hall–Kier alpha value is -1.04. The molecule has 0 N–H and O–H groups in total. The highest BCUT2D eigenvalue weighted by Crippen LogP contribution is 2.37. The molecule has 0 bridgehead atoms. The molecule has 2 heteroatoms. The van der Waals surface area contributed by atoms with Crippen LogP contribution in [0.3, 0.4) is 0 Å². The second-order valence-electron chi connectivity index (χ2n) is 7.26. The lowest BCUT2D eigenvalue weighted by molar-refractivity contribution is 0.275. The highest BCUT2D eigenvalue weighted by atomic mass is 28.4. The lowest BCUT2D eigenvalue weighted by Crippen LogP contribution is -2.40. The van der Waals surface area contributed by atoms with Crippen molar-refractivity contribution in [3.05, 3.63) is 34.9 Å². The molecule has 0 spiro atoms. The van der Waals surface area contributed by atoms with Crippen LogP contribution >= 0.6 is 0 Å². The van der Waals surface area contributed by atoms with Crippen molar-refractivity contribution in [3.8, 4) is 12.3 Å². The van der Waals surface area contributed by atoms with E-state index in [4.69, 9.17) is 10.8 Å². The molecule has 1 nitrogen and oxygen atoms in total. The summed E-state index contributed by atoms with van der Waals surface area (Å²) in [4.78, 5) is 0. The molecule has 1 rings (SSSR count). The Kier molecular flexibility index (Phi) is 5.24. The third kappa shape index (κ3) is 3.98. The zero-order valence-electron chi connectivity index (χ0n) is 14.0. The molecule has 0 aliphatic carbocycles. The molecular formula is C18H28OSi. The molecular weight excluding hydrogens is 260 g/mol. The van der Waals surface area contributed by atoms with E-state index in [1.54, 1.807) is 0 Å².